The molecule has 0 saturated heterocycles. The van der Waals surface area contributed by atoms with Crippen molar-refractivity contribution in [1.29, 1.82) is 0 Å². The number of aliphatic imine (C=N–C) groups is 1. The number of hydrogen-bond acceptors (Lipinski definition) is 5. The summed E-state index contributed by atoms with van der Waals surface area (Å²) in [7, 11) is 0. The highest BCUT2D eigenvalue weighted by Crippen LogP contribution is 2.23. The number of carbonyl (C=O) groups is 1. The van der Waals surface area contributed by atoms with E-state index in [1.165, 1.54) is 23.9 Å². The number of allylic oxidation sites excluding steroid dienone is 2. The third-order valence-corrected chi connectivity index (χ3v) is 4.84. The summed E-state index contributed by atoms with van der Waals surface area (Å²) in [4.78, 5) is 27.4. The fraction of sp³-hybridized carbons (Fsp3) is 0.273. The molecule has 2 aromatic rings. The Hall–Kier alpha value is -3.55. The second-order valence-corrected chi connectivity index (χ2v) is 7.16. The molecule has 1 aromatic heterocycles. The van der Waals surface area contributed by atoms with Gasteiger partial charge in [0, 0.05) is 18.3 Å². The molecule has 1 aliphatic heterocycles. The van der Waals surface area contributed by atoms with Gasteiger partial charge in [0.25, 0.3) is 0 Å². The first kappa shape index (κ1) is 21.2. The second kappa shape index (κ2) is 9.30. The molecule has 3 rings (SSSR count). The van der Waals surface area contributed by atoms with Crippen LogP contribution in [0.2, 0.25) is 0 Å². The molecule has 3 N–H and O–H groups in total. The van der Waals surface area contributed by atoms with E-state index in [1.54, 1.807) is 23.2 Å². The zero-order valence-corrected chi connectivity index (χ0v) is 17.3. The van der Waals surface area contributed by atoms with Crippen LogP contribution in [0.1, 0.15) is 27.2 Å². The monoisotopic (exact) mass is 408 g/mol. The Morgan fingerprint density at radius 2 is 2.07 bits per heavy atom. The highest BCUT2D eigenvalue weighted by Gasteiger charge is 2.24. The van der Waals surface area contributed by atoms with Gasteiger partial charge in [-0.3, -0.25) is 10.3 Å². The van der Waals surface area contributed by atoms with Crippen LogP contribution in [0.15, 0.2) is 58.4 Å². The molecule has 0 unspecified atom stereocenters. The predicted molar refractivity (Wildman–Crippen MR) is 118 cm³/mol. The van der Waals surface area contributed by atoms with Crippen LogP contribution in [0.5, 0.6) is 0 Å². The van der Waals surface area contributed by atoms with Crippen molar-refractivity contribution >= 4 is 23.8 Å². The summed E-state index contributed by atoms with van der Waals surface area (Å²) in [5.74, 6) is 0.211. The van der Waals surface area contributed by atoms with E-state index in [-0.39, 0.29) is 23.4 Å². The number of rotatable bonds is 5. The first-order valence-corrected chi connectivity index (χ1v) is 9.70. The fourth-order valence-corrected chi connectivity index (χ4v) is 2.83. The quantitative estimate of drug-likeness (QED) is 0.716. The fourth-order valence-electron chi connectivity index (χ4n) is 2.83. The van der Waals surface area contributed by atoms with Crippen molar-refractivity contribution in [2.24, 2.45) is 4.99 Å². The van der Waals surface area contributed by atoms with Crippen molar-refractivity contribution in [3.05, 3.63) is 59.2 Å². The largest absolute Gasteiger partial charge is 0.394 e. The van der Waals surface area contributed by atoms with Gasteiger partial charge in [0.2, 0.25) is 0 Å². The zero-order chi connectivity index (χ0) is 21.7. The van der Waals surface area contributed by atoms with Crippen LogP contribution in [-0.2, 0) is 0 Å². The summed E-state index contributed by atoms with van der Waals surface area (Å²) in [5.41, 5.74) is 9.95. The summed E-state index contributed by atoms with van der Waals surface area (Å²) in [6.45, 7) is 6.98. The maximum absolute atomic E-state index is 13.1. The molecule has 156 valence electrons. The number of benzene rings is 1. The number of anilines is 2. The van der Waals surface area contributed by atoms with Crippen molar-refractivity contribution < 1.29 is 9.18 Å². The van der Waals surface area contributed by atoms with Crippen molar-refractivity contribution in [2.75, 3.05) is 24.1 Å². The first-order valence-electron chi connectivity index (χ1n) is 9.70. The lowest BCUT2D eigenvalue weighted by Gasteiger charge is -2.17. The smallest absolute Gasteiger partial charge is 0.323 e. The van der Waals surface area contributed by atoms with Crippen molar-refractivity contribution in [1.82, 2.24) is 14.9 Å². The van der Waals surface area contributed by atoms with E-state index >= 15 is 0 Å². The minimum absolute atomic E-state index is 0.213. The Morgan fingerprint density at radius 3 is 2.77 bits per heavy atom. The van der Waals surface area contributed by atoms with Gasteiger partial charge in [-0.15, -0.1) is 0 Å². The third-order valence-electron chi connectivity index (χ3n) is 4.84. The molecule has 0 bridgehead atoms. The van der Waals surface area contributed by atoms with Crippen LogP contribution < -0.4 is 11.1 Å². The van der Waals surface area contributed by atoms with Gasteiger partial charge in [0.05, 0.1) is 24.1 Å². The third kappa shape index (κ3) is 5.08. The van der Waals surface area contributed by atoms with E-state index in [2.05, 4.69) is 27.2 Å². The Balaban J connectivity index is 1.69. The van der Waals surface area contributed by atoms with Gasteiger partial charge in [-0.25, -0.2) is 19.2 Å². The predicted octanol–water partition coefficient (Wildman–Crippen LogP) is 4.41. The van der Waals surface area contributed by atoms with Crippen LogP contribution in [-0.4, -0.2) is 40.2 Å². The molecule has 1 aliphatic rings. The summed E-state index contributed by atoms with van der Waals surface area (Å²) in [5, 5.41) is 2.74. The van der Waals surface area contributed by atoms with Crippen LogP contribution in [0.4, 0.5) is 20.7 Å². The molecule has 8 heteroatoms. The standard InChI is InChI=1S/C22H25FN6O/c1-4-14(2)9-10-25-19-13-29(12-15(19)3)22(30)28-21-18(24)11-26-20(27-21)16-5-7-17(23)8-6-16/h5-11H,4,12-13,24H2,1-3H3,(H,26,27,28,30)/b14-9-,25-10-. The van der Waals surface area contributed by atoms with Crippen LogP contribution in [0.25, 0.3) is 11.4 Å². The number of carbonyl (C=O) groups excluding carboxylic acids is 1. The number of nitrogens with zero attached hydrogens (tertiary/aromatic N) is 4. The summed E-state index contributed by atoms with van der Waals surface area (Å²) < 4.78 is 13.1. The number of nitrogen functional groups attached to an aromatic ring is 1. The number of nitrogens with one attached hydrogen (secondary N) is 1. The number of nitrogens with two attached hydrogens (primary N) is 1. The van der Waals surface area contributed by atoms with Crippen molar-refractivity contribution in [3.63, 3.8) is 0 Å². The van der Waals surface area contributed by atoms with Crippen LogP contribution in [0.3, 0.4) is 0 Å². The van der Waals surface area contributed by atoms with Crippen LogP contribution >= 0.6 is 0 Å². The lowest BCUT2D eigenvalue weighted by molar-refractivity contribution is 0.223. The lowest BCUT2D eigenvalue weighted by atomic mass is 10.2. The van der Waals surface area contributed by atoms with E-state index in [0.29, 0.717) is 24.5 Å². The van der Waals surface area contributed by atoms with E-state index in [0.717, 1.165) is 17.7 Å². The number of halogens is 1. The minimum atomic E-state index is -0.349. The zero-order valence-electron chi connectivity index (χ0n) is 17.3. The van der Waals surface area contributed by atoms with Gasteiger partial charge in [-0.05, 0) is 56.2 Å². The summed E-state index contributed by atoms with van der Waals surface area (Å²) >= 11 is 0. The molecule has 7 nitrogen and oxygen atoms in total. The molecule has 0 radical (unpaired) electrons. The number of urea groups is 1. The molecule has 0 spiro atoms. The average Bonchev–Trinajstić information content (AvgIpc) is 3.11. The minimum Gasteiger partial charge on any atom is -0.394 e. The van der Waals surface area contributed by atoms with E-state index in [9.17, 15) is 9.18 Å². The van der Waals surface area contributed by atoms with Gasteiger partial charge < -0.3 is 10.6 Å². The molecular weight excluding hydrogens is 383 g/mol. The van der Waals surface area contributed by atoms with E-state index in [1.807, 2.05) is 19.9 Å². The Bertz CT molecular complexity index is 1030. The van der Waals surface area contributed by atoms with Crippen molar-refractivity contribution in [3.8, 4) is 11.4 Å². The summed E-state index contributed by atoms with van der Waals surface area (Å²) in [6, 6.07) is 5.46. The number of aromatic nitrogens is 2. The Morgan fingerprint density at radius 1 is 1.33 bits per heavy atom. The normalized spacial score (nSPS) is 14.7. The van der Waals surface area contributed by atoms with Gasteiger partial charge in [0.15, 0.2) is 11.6 Å². The molecule has 0 saturated carbocycles. The SMILES string of the molecule is CC/C(C)=C\C=N/C1=C(C)CN(C(=O)Nc2nc(-c3ccc(F)cc3)ncc2N)C1. The maximum atomic E-state index is 13.1. The Labute approximate surface area is 175 Å². The first-order chi connectivity index (χ1) is 14.4. The molecule has 0 fully saturated rings. The number of hydrogen-bond donors (Lipinski definition) is 2. The summed E-state index contributed by atoms with van der Waals surface area (Å²) in [6.07, 6.45) is 6.14. The van der Waals surface area contributed by atoms with Crippen LogP contribution in [0, 0.1) is 5.82 Å². The van der Waals surface area contributed by atoms with Gasteiger partial charge in [-0.2, -0.15) is 0 Å². The molecule has 2 heterocycles. The van der Waals surface area contributed by atoms with Crippen molar-refractivity contribution in [2.45, 2.75) is 27.2 Å². The van der Waals surface area contributed by atoms with Gasteiger partial charge in [0.1, 0.15) is 5.82 Å². The molecule has 0 aliphatic carbocycles. The molecule has 1 aromatic carbocycles. The molecule has 30 heavy (non-hydrogen) atoms. The highest BCUT2D eigenvalue weighted by molar-refractivity contribution is 5.92. The molecule has 2 amide bonds. The lowest BCUT2D eigenvalue weighted by Crippen LogP contribution is -2.34. The topological polar surface area (TPSA) is 96.5 Å². The Kier molecular flexibility index (Phi) is 6.56. The molecule has 0 atom stereocenters. The molecular formula is C22H25FN6O. The van der Waals surface area contributed by atoms with Gasteiger partial charge >= 0.3 is 6.03 Å². The van der Waals surface area contributed by atoms with Gasteiger partial charge in [-0.1, -0.05) is 12.5 Å². The number of amides is 2. The van der Waals surface area contributed by atoms with E-state index < -0.39 is 0 Å². The second-order valence-electron chi connectivity index (χ2n) is 7.16. The van der Waals surface area contributed by atoms with E-state index in [4.69, 9.17) is 5.73 Å². The maximum Gasteiger partial charge on any atom is 0.323 e. The highest BCUT2D eigenvalue weighted by atomic mass is 19.1. The average molecular weight is 408 g/mol.